The molecule has 0 bridgehead atoms. The number of methoxy groups -OCH3 is 1. The Morgan fingerprint density at radius 2 is 1.81 bits per heavy atom. The molecule has 3 rings (SSSR count). The first-order valence-corrected chi connectivity index (χ1v) is 11.9. The fraction of sp³-hybridized carbons (Fsp3) is 0.0909. The SMILES string of the molecule is COc1ccc(N(CC(=O)N/N=C\c2ccc(Br)cc2)S(=O)(=O)c2ccccc2)cc1Cl. The van der Waals surface area contributed by atoms with Gasteiger partial charge in [-0.3, -0.25) is 9.10 Å². The molecule has 3 aromatic rings. The fourth-order valence-corrected chi connectivity index (χ4v) is 4.69. The standard InChI is InChI=1S/C22H19BrClN3O4S/c1-31-21-12-11-18(13-20(21)24)27(32(29,30)19-5-3-2-4-6-19)15-22(28)26-25-14-16-7-9-17(23)10-8-16/h2-14H,15H2,1H3,(H,26,28)/b25-14-. The summed E-state index contributed by atoms with van der Waals surface area (Å²) in [6.07, 6.45) is 1.46. The molecule has 0 radical (unpaired) electrons. The predicted molar refractivity (Wildman–Crippen MR) is 129 cm³/mol. The van der Waals surface area contributed by atoms with Crippen LogP contribution in [0.25, 0.3) is 0 Å². The number of sulfonamides is 1. The lowest BCUT2D eigenvalue weighted by atomic mass is 10.2. The Kier molecular flexibility index (Phi) is 7.89. The van der Waals surface area contributed by atoms with Crippen LogP contribution in [0.1, 0.15) is 5.56 Å². The maximum Gasteiger partial charge on any atom is 0.264 e. The highest BCUT2D eigenvalue weighted by Gasteiger charge is 2.27. The smallest absolute Gasteiger partial charge is 0.264 e. The molecule has 0 aliphatic carbocycles. The van der Waals surface area contributed by atoms with Crippen LogP contribution in [0, 0.1) is 0 Å². The summed E-state index contributed by atoms with van der Waals surface area (Å²) < 4.78 is 33.6. The number of hydrogen-bond donors (Lipinski definition) is 1. The molecule has 1 amide bonds. The van der Waals surface area contributed by atoms with Gasteiger partial charge in [0.25, 0.3) is 15.9 Å². The third-order valence-corrected chi connectivity index (χ3v) is 6.93. The summed E-state index contributed by atoms with van der Waals surface area (Å²) >= 11 is 9.54. The summed E-state index contributed by atoms with van der Waals surface area (Å²) in [5, 5.41) is 4.13. The van der Waals surface area contributed by atoms with Gasteiger partial charge in [-0.05, 0) is 48.0 Å². The van der Waals surface area contributed by atoms with E-state index in [2.05, 4.69) is 26.5 Å². The van der Waals surface area contributed by atoms with Crippen LogP contribution in [0.5, 0.6) is 5.75 Å². The highest BCUT2D eigenvalue weighted by atomic mass is 79.9. The Bertz CT molecular complexity index is 1220. The zero-order chi connectivity index (χ0) is 23.1. The zero-order valence-corrected chi connectivity index (χ0v) is 20.1. The number of carbonyl (C=O) groups is 1. The molecular formula is C22H19BrClN3O4S. The number of carbonyl (C=O) groups excluding carboxylic acids is 1. The molecule has 10 heteroatoms. The number of rotatable bonds is 8. The molecule has 0 unspecified atom stereocenters. The summed E-state index contributed by atoms with van der Waals surface area (Å²) in [4.78, 5) is 12.6. The van der Waals surface area contributed by atoms with E-state index in [1.807, 2.05) is 24.3 Å². The quantitative estimate of drug-likeness (QED) is 0.340. The molecule has 3 aromatic carbocycles. The number of hydrazone groups is 1. The molecule has 0 aliphatic heterocycles. The lowest BCUT2D eigenvalue weighted by molar-refractivity contribution is -0.119. The van der Waals surface area contributed by atoms with Crippen LogP contribution in [0.4, 0.5) is 5.69 Å². The second-order valence-corrected chi connectivity index (χ2v) is 9.67. The highest BCUT2D eigenvalue weighted by molar-refractivity contribution is 9.10. The van der Waals surface area contributed by atoms with Gasteiger partial charge in [-0.1, -0.05) is 57.9 Å². The maximum atomic E-state index is 13.3. The summed E-state index contributed by atoms with van der Waals surface area (Å²) in [7, 11) is -2.60. The molecule has 0 heterocycles. The second kappa shape index (κ2) is 10.6. The number of ether oxygens (including phenoxy) is 1. The van der Waals surface area contributed by atoms with Gasteiger partial charge in [0.15, 0.2) is 0 Å². The van der Waals surface area contributed by atoms with E-state index in [0.717, 1.165) is 14.3 Å². The van der Waals surface area contributed by atoms with Gasteiger partial charge in [-0.2, -0.15) is 5.10 Å². The number of amides is 1. The monoisotopic (exact) mass is 535 g/mol. The first-order chi connectivity index (χ1) is 15.3. The number of nitrogens with zero attached hydrogens (tertiary/aromatic N) is 2. The minimum absolute atomic E-state index is 0.0399. The number of halogens is 2. The highest BCUT2D eigenvalue weighted by Crippen LogP contribution is 2.31. The van der Waals surface area contributed by atoms with Gasteiger partial charge in [0.1, 0.15) is 12.3 Å². The van der Waals surface area contributed by atoms with Gasteiger partial charge in [0, 0.05) is 4.47 Å². The van der Waals surface area contributed by atoms with E-state index < -0.39 is 22.5 Å². The molecule has 0 fully saturated rings. The van der Waals surface area contributed by atoms with Crippen LogP contribution in [-0.4, -0.2) is 34.2 Å². The summed E-state index contributed by atoms with van der Waals surface area (Å²) in [5.74, 6) is -0.235. The van der Waals surface area contributed by atoms with Crippen LogP contribution in [0.2, 0.25) is 5.02 Å². The van der Waals surface area contributed by atoms with Crippen molar-refractivity contribution < 1.29 is 17.9 Å². The molecule has 7 nitrogen and oxygen atoms in total. The van der Waals surface area contributed by atoms with Crippen molar-refractivity contribution in [3.8, 4) is 5.75 Å². The molecule has 0 saturated heterocycles. The molecule has 0 atom stereocenters. The lowest BCUT2D eigenvalue weighted by Crippen LogP contribution is -2.39. The van der Waals surface area contributed by atoms with Gasteiger partial charge in [-0.25, -0.2) is 13.8 Å². The molecule has 0 aromatic heterocycles. The van der Waals surface area contributed by atoms with Crippen molar-refractivity contribution in [2.45, 2.75) is 4.90 Å². The van der Waals surface area contributed by atoms with Crippen molar-refractivity contribution in [3.05, 3.63) is 87.9 Å². The summed E-state index contributed by atoms with van der Waals surface area (Å²) in [5.41, 5.74) is 3.34. The third kappa shape index (κ3) is 5.87. The Balaban J connectivity index is 1.86. The van der Waals surface area contributed by atoms with Gasteiger partial charge in [0.05, 0.1) is 28.9 Å². The molecule has 32 heavy (non-hydrogen) atoms. The van der Waals surface area contributed by atoms with Crippen molar-refractivity contribution in [1.82, 2.24) is 5.43 Å². The van der Waals surface area contributed by atoms with Crippen molar-refractivity contribution in [1.29, 1.82) is 0 Å². The minimum Gasteiger partial charge on any atom is -0.495 e. The first kappa shape index (κ1) is 23.8. The van der Waals surface area contributed by atoms with Crippen LogP contribution < -0.4 is 14.5 Å². The average Bonchev–Trinajstić information content (AvgIpc) is 2.79. The number of hydrogen-bond acceptors (Lipinski definition) is 5. The topological polar surface area (TPSA) is 88.1 Å². The van der Waals surface area contributed by atoms with Crippen molar-refractivity contribution in [2.75, 3.05) is 18.0 Å². The first-order valence-electron chi connectivity index (χ1n) is 9.30. The Hall–Kier alpha value is -2.88. The summed E-state index contributed by atoms with van der Waals surface area (Å²) in [6, 6.07) is 19.6. The Labute approximate surface area is 199 Å². The Morgan fingerprint density at radius 1 is 1.12 bits per heavy atom. The molecule has 1 N–H and O–H groups in total. The van der Waals surface area contributed by atoms with Crippen LogP contribution in [0.15, 0.2) is 87.3 Å². The van der Waals surface area contributed by atoms with Gasteiger partial charge < -0.3 is 4.74 Å². The van der Waals surface area contributed by atoms with Gasteiger partial charge in [-0.15, -0.1) is 0 Å². The normalized spacial score (nSPS) is 11.3. The van der Waals surface area contributed by atoms with Crippen LogP contribution in [-0.2, 0) is 14.8 Å². The largest absolute Gasteiger partial charge is 0.495 e. The van der Waals surface area contributed by atoms with E-state index in [0.29, 0.717) is 5.75 Å². The van der Waals surface area contributed by atoms with Gasteiger partial charge in [0.2, 0.25) is 0 Å². The Morgan fingerprint density at radius 3 is 2.44 bits per heavy atom. The summed E-state index contributed by atoms with van der Waals surface area (Å²) in [6.45, 7) is -0.502. The number of benzene rings is 3. The minimum atomic E-state index is -4.05. The number of nitrogens with one attached hydrogen (secondary N) is 1. The van der Waals surface area contributed by atoms with Crippen LogP contribution in [0.3, 0.4) is 0 Å². The molecule has 0 saturated carbocycles. The van der Waals surface area contributed by atoms with Crippen molar-refractivity contribution in [2.24, 2.45) is 5.10 Å². The van der Waals surface area contributed by atoms with E-state index in [-0.39, 0.29) is 15.6 Å². The lowest BCUT2D eigenvalue weighted by Gasteiger charge is -2.24. The van der Waals surface area contributed by atoms with Gasteiger partial charge >= 0.3 is 0 Å². The third-order valence-electron chi connectivity index (χ3n) is 4.31. The van der Waals surface area contributed by atoms with E-state index in [9.17, 15) is 13.2 Å². The molecule has 0 aliphatic rings. The van der Waals surface area contributed by atoms with E-state index in [1.54, 1.807) is 18.2 Å². The van der Waals surface area contributed by atoms with E-state index in [4.69, 9.17) is 16.3 Å². The zero-order valence-electron chi connectivity index (χ0n) is 16.9. The van der Waals surface area contributed by atoms with Crippen LogP contribution >= 0.6 is 27.5 Å². The average molecular weight is 537 g/mol. The van der Waals surface area contributed by atoms with E-state index in [1.165, 1.54) is 43.7 Å². The van der Waals surface area contributed by atoms with Crippen molar-refractivity contribution >= 4 is 55.4 Å². The molecule has 166 valence electrons. The predicted octanol–water partition coefficient (Wildman–Crippen LogP) is 4.46. The van der Waals surface area contributed by atoms with Crippen molar-refractivity contribution in [3.63, 3.8) is 0 Å². The maximum absolute atomic E-state index is 13.3. The fourth-order valence-electron chi connectivity index (χ4n) is 2.74. The number of anilines is 1. The van der Waals surface area contributed by atoms with E-state index >= 15 is 0 Å². The second-order valence-electron chi connectivity index (χ2n) is 6.49. The molecular weight excluding hydrogens is 518 g/mol. The molecule has 0 spiro atoms.